The highest BCUT2D eigenvalue weighted by Crippen LogP contribution is 2.18. The van der Waals surface area contributed by atoms with Crippen LogP contribution < -0.4 is 10.1 Å². The summed E-state index contributed by atoms with van der Waals surface area (Å²) < 4.78 is 5.55. The van der Waals surface area contributed by atoms with Crippen LogP contribution in [0.2, 0.25) is 0 Å². The molecule has 14 heavy (non-hydrogen) atoms. The van der Waals surface area contributed by atoms with Crippen LogP contribution in [0.15, 0.2) is 30.8 Å². The Labute approximate surface area is 85.6 Å². The Morgan fingerprint density at radius 3 is 2.93 bits per heavy atom. The molecule has 0 fully saturated rings. The smallest absolute Gasteiger partial charge is 0.139 e. The molecule has 0 aliphatic carbocycles. The first-order valence-electron chi connectivity index (χ1n) is 4.93. The summed E-state index contributed by atoms with van der Waals surface area (Å²) in [5.74, 6) is 0.881. The lowest BCUT2D eigenvalue weighted by molar-refractivity contribution is 0.283. The van der Waals surface area contributed by atoms with Crippen molar-refractivity contribution in [2.24, 2.45) is 0 Å². The van der Waals surface area contributed by atoms with Gasteiger partial charge in [-0.1, -0.05) is 37.8 Å². The van der Waals surface area contributed by atoms with Crippen LogP contribution in [0.4, 0.5) is 0 Å². The molecular formula is C12H17NO. The average molecular weight is 191 g/mol. The molecule has 0 radical (unpaired) electrons. The molecule has 0 unspecified atom stereocenters. The van der Waals surface area contributed by atoms with E-state index in [0.717, 1.165) is 24.3 Å². The van der Waals surface area contributed by atoms with Gasteiger partial charge >= 0.3 is 0 Å². The number of nitrogens with one attached hydrogen (secondary N) is 1. The van der Waals surface area contributed by atoms with Gasteiger partial charge in [-0.15, -0.1) is 0 Å². The lowest BCUT2D eigenvalue weighted by atomic mass is 10.2. The second kappa shape index (κ2) is 6.22. The van der Waals surface area contributed by atoms with Crippen molar-refractivity contribution in [3.63, 3.8) is 0 Å². The summed E-state index contributed by atoms with van der Waals surface area (Å²) in [7, 11) is 0. The largest absolute Gasteiger partial charge is 0.478 e. The molecule has 0 atom stereocenters. The van der Waals surface area contributed by atoms with Gasteiger partial charge in [-0.3, -0.25) is 5.32 Å². The Balaban J connectivity index is 2.45. The molecule has 1 rings (SSSR count). The van der Waals surface area contributed by atoms with Gasteiger partial charge in [0.1, 0.15) is 12.5 Å². The molecule has 1 aromatic rings. The minimum atomic E-state index is 0.554. The number of hydrogen-bond donors (Lipinski definition) is 1. The molecule has 0 aromatic heterocycles. The molecule has 2 heteroatoms. The van der Waals surface area contributed by atoms with Crippen LogP contribution >= 0.6 is 0 Å². The van der Waals surface area contributed by atoms with E-state index >= 15 is 0 Å². The van der Waals surface area contributed by atoms with Gasteiger partial charge in [-0.2, -0.15) is 0 Å². The third-order valence-electron chi connectivity index (χ3n) is 1.90. The summed E-state index contributed by atoms with van der Waals surface area (Å²) in [4.78, 5) is 0. The van der Waals surface area contributed by atoms with Gasteiger partial charge in [0, 0.05) is 5.56 Å². The fraction of sp³-hybridized carbons (Fsp3) is 0.333. The van der Waals surface area contributed by atoms with Gasteiger partial charge in [-0.25, -0.2) is 0 Å². The fourth-order valence-electron chi connectivity index (χ4n) is 1.16. The van der Waals surface area contributed by atoms with Crippen LogP contribution in [0.5, 0.6) is 5.75 Å². The third-order valence-corrected chi connectivity index (χ3v) is 1.90. The lowest BCUT2D eigenvalue weighted by Crippen LogP contribution is -2.20. The fourth-order valence-corrected chi connectivity index (χ4v) is 1.16. The summed E-state index contributed by atoms with van der Waals surface area (Å²) in [6, 6.07) is 7.87. The number of ether oxygens (including phenoxy) is 1. The zero-order valence-electron chi connectivity index (χ0n) is 8.62. The van der Waals surface area contributed by atoms with Gasteiger partial charge in [0.25, 0.3) is 0 Å². The zero-order valence-corrected chi connectivity index (χ0v) is 8.62. The molecule has 0 aliphatic heterocycles. The highest BCUT2D eigenvalue weighted by atomic mass is 16.5. The Morgan fingerprint density at radius 2 is 2.21 bits per heavy atom. The highest BCUT2D eigenvalue weighted by Gasteiger charge is 1.97. The van der Waals surface area contributed by atoms with Crippen LogP contribution in [0, 0.1) is 0 Å². The summed E-state index contributed by atoms with van der Waals surface area (Å²) in [6.45, 7) is 7.40. The Kier molecular flexibility index (Phi) is 4.79. The first kappa shape index (κ1) is 10.8. The van der Waals surface area contributed by atoms with E-state index in [9.17, 15) is 0 Å². The molecule has 0 spiro atoms. The van der Waals surface area contributed by atoms with E-state index < -0.39 is 0 Å². The van der Waals surface area contributed by atoms with E-state index in [0.29, 0.717) is 6.73 Å². The second-order valence-electron chi connectivity index (χ2n) is 3.03. The normalized spacial score (nSPS) is 9.79. The van der Waals surface area contributed by atoms with Gasteiger partial charge in [-0.05, 0) is 19.0 Å². The van der Waals surface area contributed by atoms with E-state index in [4.69, 9.17) is 4.74 Å². The summed E-state index contributed by atoms with van der Waals surface area (Å²) in [5, 5.41) is 3.18. The van der Waals surface area contributed by atoms with Crippen molar-refractivity contribution in [1.29, 1.82) is 0 Å². The number of hydrogen-bond acceptors (Lipinski definition) is 2. The van der Waals surface area contributed by atoms with E-state index in [1.165, 1.54) is 0 Å². The highest BCUT2D eigenvalue weighted by molar-refractivity contribution is 5.55. The van der Waals surface area contributed by atoms with Crippen molar-refractivity contribution in [1.82, 2.24) is 5.32 Å². The monoisotopic (exact) mass is 191 g/mol. The molecule has 0 heterocycles. The minimum absolute atomic E-state index is 0.554. The van der Waals surface area contributed by atoms with Gasteiger partial charge in [0.05, 0.1) is 0 Å². The zero-order chi connectivity index (χ0) is 10.2. The molecule has 0 bridgehead atoms. The number of para-hydroxylation sites is 1. The van der Waals surface area contributed by atoms with Crippen molar-refractivity contribution in [3.8, 4) is 5.75 Å². The molecule has 0 aliphatic rings. The molecule has 1 N–H and O–H groups in total. The summed E-state index contributed by atoms with van der Waals surface area (Å²) >= 11 is 0. The van der Waals surface area contributed by atoms with E-state index in [1.54, 1.807) is 6.08 Å². The maximum absolute atomic E-state index is 5.55. The molecule has 0 saturated heterocycles. The topological polar surface area (TPSA) is 21.3 Å². The van der Waals surface area contributed by atoms with Crippen LogP contribution in [-0.2, 0) is 0 Å². The van der Waals surface area contributed by atoms with Crippen LogP contribution in [-0.4, -0.2) is 13.3 Å². The Morgan fingerprint density at radius 1 is 1.43 bits per heavy atom. The summed E-state index contributed by atoms with van der Waals surface area (Å²) in [5.41, 5.74) is 1.03. The maximum atomic E-state index is 5.55. The van der Waals surface area contributed by atoms with Gasteiger partial charge in [0.15, 0.2) is 0 Å². The molecule has 1 aromatic carbocycles. The summed E-state index contributed by atoms with van der Waals surface area (Å²) in [6.07, 6.45) is 2.92. The average Bonchev–Trinajstić information content (AvgIpc) is 2.25. The van der Waals surface area contributed by atoms with E-state index in [2.05, 4.69) is 18.8 Å². The lowest BCUT2D eigenvalue weighted by Gasteiger charge is -2.09. The van der Waals surface area contributed by atoms with Crippen LogP contribution in [0.1, 0.15) is 18.9 Å². The van der Waals surface area contributed by atoms with Crippen molar-refractivity contribution in [2.45, 2.75) is 13.3 Å². The SMILES string of the molecule is C=Cc1ccccc1OCNCCC. The van der Waals surface area contributed by atoms with Gasteiger partial charge in [0.2, 0.25) is 0 Å². The Hall–Kier alpha value is -1.28. The van der Waals surface area contributed by atoms with Crippen molar-refractivity contribution >= 4 is 6.08 Å². The van der Waals surface area contributed by atoms with Crippen LogP contribution in [0.3, 0.4) is 0 Å². The molecular weight excluding hydrogens is 174 g/mol. The number of benzene rings is 1. The van der Waals surface area contributed by atoms with Crippen molar-refractivity contribution in [2.75, 3.05) is 13.3 Å². The first-order chi connectivity index (χ1) is 6.88. The minimum Gasteiger partial charge on any atom is -0.478 e. The van der Waals surface area contributed by atoms with Crippen molar-refractivity contribution in [3.05, 3.63) is 36.4 Å². The predicted octanol–water partition coefficient (Wildman–Crippen LogP) is 2.67. The quantitative estimate of drug-likeness (QED) is 0.551. The Bertz CT molecular complexity index is 283. The second-order valence-corrected chi connectivity index (χ2v) is 3.03. The molecule has 2 nitrogen and oxygen atoms in total. The molecule has 0 amide bonds. The molecule has 76 valence electrons. The first-order valence-corrected chi connectivity index (χ1v) is 4.93. The van der Waals surface area contributed by atoms with E-state index in [1.807, 2.05) is 24.3 Å². The third kappa shape index (κ3) is 3.23. The number of rotatable bonds is 6. The van der Waals surface area contributed by atoms with Crippen LogP contribution in [0.25, 0.3) is 6.08 Å². The predicted molar refractivity (Wildman–Crippen MR) is 60.3 cm³/mol. The van der Waals surface area contributed by atoms with Gasteiger partial charge < -0.3 is 4.74 Å². The van der Waals surface area contributed by atoms with E-state index in [-0.39, 0.29) is 0 Å². The van der Waals surface area contributed by atoms with Crippen molar-refractivity contribution < 1.29 is 4.74 Å². The molecule has 0 saturated carbocycles. The standard InChI is InChI=1S/C12H17NO/c1-3-9-13-10-14-12-8-6-5-7-11(12)4-2/h4-8,13H,2-3,9-10H2,1H3. The maximum Gasteiger partial charge on any atom is 0.139 e.